The number of para-hydroxylation sites is 1. The molecule has 0 saturated carbocycles. The summed E-state index contributed by atoms with van der Waals surface area (Å²) in [6.07, 6.45) is 1.62. The van der Waals surface area contributed by atoms with Crippen LogP contribution in [0.15, 0.2) is 52.3 Å². The summed E-state index contributed by atoms with van der Waals surface area (Å²) in [5, 5.41) is 12.9. The Kier molecular flexibility index (Phi) is 4.44. The van der Waals surface area contributed by atoms with E-state index in [2.05, 4.69) is 25.8 Å². The smallest absolute Gasteiger partial charge is 0.287 e. The fourth-order valence-electron chi connectivity index (χ4n) is 2.75. The lowest BCUT2D eigenvalue weighted by Crippen LogP contribution is -2.35. The molecule has 3 N–H and O–H groups in total. The molecule has 9 heteroatoms. The molecule has 0 saturated heterocycles. The van der Waals surface area contributed by atoms with E-state index in [0.29, 0.717) is 16.7 Å². The molecule has 3 heterocycles. The van der Waals surface area contributed by atoms with E-state index in [-0.39, 0.29) is 30.0 Å². The molecule has 4 rings (SSSR count). The number of nitrogens with zero attached hydrogens (tertiary/aromatic N) is 2. The van der Waals surface area contributed by atoms with Gasteiger partial charge in [0.25, 0.3) is 5.91 Å². The summed E-state index contributed by atoms with van der Waals surface area (Å²) in [6.45, 7) is 0. The number of furan rings is 1. The number of H-pyrrole nitrogens is 1. The summed E-state index contributed by atoms with van der Waals surface area (Å²) in [4.78, 5) is 28.4. The minimum Gasteiger partial charge on any atom is -0.455 e. The number of anilines is 1. The molecule has 1 aromatic carbocycles. The van der Waals surface area contributed by atoms with Crippen LogP contribution in [0.4, 0.5) is 5.69 Å². The molecule has 1 unspecified atom stereocenters. The molecule has 0 aliphatic carbocycles. The van der Waals surface area contributed by atoms with E-state index >= 15 is 0 Å². The number of hydrogen-bond acceptors (Lipinski definition) is 6. The Morgan fingerprint density at radius 2 is 2.19 bits per heavy atom. The average Bonchev–Trinajstić information content (AvgIpc) is 3.31. The van der Waals surface area contributed by atoms with Gasteiger partial charge in [0, 0.05) is 5.69 Å². The topological polar surface area (TPSA) is 113 Å². The Morgan fingerprint density at radius 1 is 1.31 bits per heavy atom. The lowest BCUT2D eigenvalue weighted by atomic mass is 9.97. The second-order valence-corrected chi connectivity index (χ2v) is 6.67. The summed E-state index contributed by atoms with van der Waals surface area (Å²) in [5.74, 6) is 0.907. The lowest BCUT2D eigenvalue weighted by Gasteiger charge is -2.25. The fourth-order valence-corrected chi connectivity index (χ4v) is 3.42. The first kappa shape index (κ1) is 16.4. The van der Waals surface area contributed by atoms with Gasteiger partial charge in [-0.1, -0.05) is 30.0 Å². The summed E-state index contributed by atoms with van der Waals surface area (Å²) in [5.41, 5.74) is 1.60. The molecule has 0 radical (unpaired) electrons. The highest BCUT2D eigenvalue weighted by atomic mass is 32.2. The van der Waals surface area contributed by atoms with Crippen LogP contribution in [0.5, 0.6) is 0 Å². The predicted molar refractivity (Wildman–Crippen MR) is 94.5 cm³/mol. The highest BCUT2D eigenvalue weighted by molar-refractivity contribution is 7.98. The van der Waals surface area contributed by atoms with Crippen LogP contribution in [0.2, 0.25) is 0 Å². The van der Waals surface area contributed by atoms with Crippen molar-refractivity contribution >= 4 is 29.3 Å². The monoisotopic (exact) mass is 369 g/mol. The molecule has 2 aromatic heterocycles. The maximum atomic E-state index is 12.5. The third kappa shape index (κ3) is 3.47. The zero-order valence-electron chi connectivity index (χ0n) is 13.6. The number of amides is 2. The van der Waals surface area contributed by atoms with Crippen molar-refractivity contribution in [2.75, 3.05) is 5.32 Å². The molecule has 8 nitrogen and oxygen atoms in total. The largest absolute Gasteiger partial charge is 0.455 e. The Hall–Kier alpha value is -3.07. The van der Waals surface area contributed by atoms with E-state index < -0.39 is 0 Å². The molecule has 0 spiro atoms. The van der Waals surface area contributed by atoms with Crippen molar-refractivity contribution in [2.24, 2.45) is 0 Å². The Morgan fingerprint density at radius 3 is 3.04 bits per heavy atom. The standard InChI is InChI=1S/C17H15N5O3S/c23-15-7-13(11-3-1-2-4-12(11)20-15)21-16(24)14-6-5-10(25-14)8-26-17-18-9-19-22-17/h1-6,9,13H,7-8H2,(H,20,23)(H,21,24)(H,18,19,22). The Balaban J connectivity index is 1.43. The molecule has 1 aliphatic rings. The van der Waals surface area contributed by atoms with Crippen LogP contribution in [-0.2, 0) is 10.5 Å². The van der Waals surface area contributed by atoms with E-state index in [4.69, 9.17) is 4.42 Å². The van der Waals surface area contributed by atoms with E-state index in [1.54, 1.807) is 12.1 Å². The number of nitrogens with one attached hydrogen (secondary N) is 3. The van der Waals surface area contributed by atoms with E-state index in [1.807, 2.05) is 24.3 Å². The van der Waals surface area contributed by atoms with E-state index in [9.17, 15) is 9.59 Å². The van der Waals surface area contributed by atoms with Gasteiger partial charge in [-0.15, -0.1) is 0 Å². The first-order chi connectivity index (χ1) is 12.7. The Labute approximate surface area is 152 Å². The third-order valence-corrected chi connectivity index (χ3v) is 4.83. The fraction of sp³-hybridized carbons (Fsp3) is 0.176. The van der Waals surface area contributed by atoms with Crippen LogP contribution >= 0.6 is 11.8 Å². The maximum Gasteiger partial charge on any atom is 0.287 e. The van der Waals surface area contributed by atoms with Gasteiger partial charge >= 0.3 is 0 Å². The number of thioether (sulfide) groups is 1. The third-order valence-electron chi connectivity index (χ3n) is 3.93. The van der Waals surface area contributed by atoms with Crippen molar-refractivity contribution < 1.29 is 14.0 Å². The van der Waals surface area contributed by atoms with Crippen molar-refractivity contribution in [2.45, 2.75) is 23.4 Å². The average molecular weight is 369 g/mol. The van der Waals surface area contributed by atoms with Gasteiger partial charge in [-0.25, -0.2) is 4.98 Å². The van der Waals surface area contributed by atoms with Crippen LogP contribution in [0.25, 0.3) is 0 Å². The molecule has 1 aliphatic heterocycles. The molecule has 1 atom stereocenters. The van der Waals surface area contributed by atoms with Gasteiger partial charge in [-0.2, -0.15) is 5.10 Å². The molecule has 26 heavy (non-hydrogen) atoms. The molecular weight excluding hydrogens is 354 g/mol. The predicted octanol–water partition coefficient (Wildman–Crippen LogP) is 2.50. The van der Waals surface area contributed by atoms with Crippen LogP contribution in [0, 0.1) is 0 Å². The maximum absolute atomic E-state index is 12.5. The number of hydrogen-bond donors (Lipinski definition) is 3. The number of benzene rings is 1. The van der Waals surface area contributed by atoms with Gasteiger partial charge in [-0.3, -0.25) is 14.7 Å². The first-order valence-corrected chi connectivity index (χ1v) is 8.94. The van der Waals surface area contributed by atoms with Crippen molar-refractivity contribution in [3.63, 3.8) is 0 Å². The van der Waals surface area contributed by atoms with Gasteiger partial charge in [0.15, 0.2) is 10.9 Å². The number of carbonyl (C=O) groups is 2. The zero-order valence-corrected chi connectivity index (χ0v) is 14.4. The lowest BCUT2D eigenvalue weighted by molar-refractivity contribution is -0.116. The summed E-state index contributed by atoms with van der Waals surface area (Å²) in [6, 6.07) is 10.4. The number of aromatic amines is 1. The summed E-state index contributed by atoms with van der Waals surface area (Å²) >= 11 is 1.42. The first-order valence-electron chi connectivity index (χ1n) is 7.95. The zero-order chi connectivity index (χ0) is 17.9. The minimum absolute atomic E-state index is 0.127. The second-order valence-electron chi connectivity index (χ2n) is 5.71. The van der Waals surface area contributed by atoms with Crippen LogP contribution in [0.1, 0.15) is 34.3 Å². The molecule has 0 fully saturated rings. The number of carbonyl (C=O) groups excluding carboxylic acids is 2. The quantitative estimate of drug-likeness (QED) is 0.596. The highest BCUT2D eigenvalue weighted by Crippen LogP contribution is 2.30. The normalized spacial score (nSPS) is 16.0. The van der Waals surface area contributed by atoms with E-state index in [1.165, 1.54) is 18.1 Å². The molecule has 2 amide bonds. The molecule has 132 valence electrons. The van der Waals surface area contributed by atoms with Crippen LogP contribution in [0.3, 0.4) is 0 Å². The van der Waals surface area contributed by atoms with Gasteiger partial charge in [0.1, 0.15) is 12.1 Å². The molecule has 3 aromatic rings. The molecule has 0 bridgehead atoms. The van der Waals surface area contributed by atoms with Crippen molar-refractivity contribution in [3.05, 3.63) is 59.8 Å². The number of fused-ring (bicyclic) bond motifs is 1. The minimum atomic E-state index is -0.385. The summed E-state index contributed by atoms with van der Waals surface area (Å²) in [7, 11) is 0. The van der Waals surface area contributed by atoms with Crippen molar-refractivity contribution in [1.29, 1.82) is 0 Å². The van der Waals surface area contributed by atoms with Gasteiger partial charge < -0.3 is 15.1 Å². The Bertz CT molecular complexity index is 938. The van der Waals surface area contributed by atoms with Crippen molar-refractivity contribution in [3.8, 4) is 0 Å². The molecular formula is C17H15N5O3S. The summed E-state index contributed by atoms with van der Waals surface area (Å²) < 4.78 is 5.60. The van der Waals surface area contributed by atoms with E-state index in [0.717, 1.165) is 11.3 Å². The highest BCUT2D eigenvalue weighted by Gasteiger charge is 2.27. The van der Waals surface area contributed by atoms with Gasteiger partial charge in [-0.05, 0) is 23.8 Å². The van der Waals surface area contributed by atoms with Crippen LogP contribution < -0.4 is 10.6 Å². The van der Waals surface area contributed by atoms with Gasteiger partial charge in [0.2, 0.25) is 5.91 Å². The SMILES string of the molecule is O=C1CC(NC(=O)c2ccc(CSc3ncn[nH]3)o2)c2ccccc2N1. The van der Waals surface area contributed by atoms with Crippen molar-refractivity contribution in [1.82, 2.24) is 20.5 Å². The van der Waals surface area contributed by atoms with Crippen LogP contribution in [-0.4, -0.2) is 27.0 Å². The van der Waals surface area contributed by atoms with Gasteiger partial charge in [0.05, 0.1) is 18.2 Å². The number of aromatic nitrogens is 3. The second kappa shape index (κ2) is 7.04. The number of rotatable bonds is 5.